The van der Waals surface area contributed by atoms with Gasteiger partial charge >= 0.3 is 0 Å². The molecular formula is C21H23ClN2O3. The van der Waals surface area contributed by atoms with Gasteiger partial charge in [0.05, 0.1) is 12.1 Å². The summed E-state index contributed by atoms with van der Waals surface area (Å²) in [4.78, 5) is 27.0. The SMILES string of the molecule is COc1ccc(NC(=O)C2CCN(C(=O)c3cccc(C)c3)CC2)cc1Cl. The molecule has 1 heterocycles. The summed E-state index contributed by atoms with van der Waals surface area (Å²) < 4.78 is 5.12. The van der Waals surface area contributed by atoms with E-state index in [1.165, 1.54) is 0 Å². The van der Waals surface area contributed by atoms with Crippen molar-refractivity contribution in [3.8, 4) is 5.75 Å². The Hall–Kier alpha value is -2.53. The van der Waals surface area contributed by atoms with Crippen LogP contribution in [0.25, 0.3) is 0 Å². The van der Waals surface area contributed by atoms with E-state index < -0.39 is 0 Å². The smallest absolute Gasteiger partial charge is 0.253 e. The number of methoxy groups -OCH3 is 1. The van der Waals surface area contributed by atoms with Crippen molar-refractivity contribution in [2.24, 2.45) is 5.92 Å². The van der Waals surface area contributed by atoms with Gasteiger partial charge in [0, 0.05) is 30.3 Å². The summed E-state index contributed by atoms with van der Waals surface area (Å²) in [5.74, 6) is 0.434. The number of likely N-dealkylation sites (tertiary alicyclic amines) is 1. The van der Waals surface area contributed by atoms with Crippen LogP contribution in [0.15, 0.2) is 42.5 Å². The number of nitrogens with zero attached hydrogens (tertiary/aromatic N) is 1. The number of ether oxygens (including phenoxy) is 1. The summed E-state index contributed by atoms with van der Waals surface area (Å²) in [6.07, 6.45) is 1.29. The zero-order valence-electron chi connectivity index (χ0n) is 15.5. The highest BCUT2D eigenvalue weighted by Gasteiger charge is 2.28. The fraction of sp³-hybridized carbons (Fsp3) is 0.333. The van der Waals surface area contributed by atoms with Gasteiger partial charge in [0.15, 0.2) is 0 Å². The van der Waals surface area contributed by atoms with Gasteiger partial charge < -0.3 is 15.0 Å². The molecule has 1 fully saturated rings. The second-order valence-electron chi connectivity index (χ2n) is 6.77. The predicted molar refractivity (Wildman–Crippen MR) is 106 cm³/mol. The number of carbonyl (C=O) groups is 2. The van der Waals surface area contributed by atoms with Crippen LogP contribution < -0.4 is 10.1 Å². The Bertz CT molecular complexity index is 845. The molecule has 0 spiro atoms. The van der Waals surface area contributed by atoms with Crippen molar-refractivity contribution in [3.63, 3.8) is 0 Å². The first-order valence-electron chi connectivity index (χ1n) is 8.98. The summed E-state index contributed by atoms with van der Waals surface area (Å²) in [6.45, 7) is 3.13. The maximum atomic E-state index is 12.6. The van der Waals surface area contributed by atoms with Gasteiger partial charge in [-0.2, -0.15) is 0 Å². The average Bonchev–Trinajstić information content (AvgIpc) is 2.67. The minimum atomic E-state index is -0.118. The number of carbonyl (C=O) groups excluding carboxylic acids is 2. The lowest BCUT2D eigenvalue weighted by Crippen LogP contribution is -2.41. The molecule has 2 amide bonds. The first kappa shape index (κ1) is 19.2. The molecule has 27 heavy (non-hydrogen) atoms. The van der Waals surface area contributed by atoms with Crippen LogP contribution in [0.3, 0.4) is 0 Å². The molecule has 1 aliphatic rings. The summed E-state index contributed by atoms with van der Waals surface area (Å²) in [5.41, 5.74) is 2.41. The number of rotatable bonds is 4. The fourth-order valence-electron chi connectivity index (χ4n) is 3.29. The number of amides is 2. The Labute approximate surface area is 164 Å². The Morgan fingerprint density at radius 2 is 1.89 bits per heavy atom. The molecule has 1 aliphatic heterocycles. The molecule has 0 atom stereocenters. The standard InChI is InChI=1S/C21H23ClN2O3/c1-14-4-3-5-16(12-14)21(26)24-10-8-15(9-11-24)20(25)23-17-6-7-19(27-2)18(22)13-17/h3-7,12-13,15H,8-11H2,1-2H3,(H,23,25). The molecule has 5 nitrogen and oxygen atoms in total. The zero-order valence-corrected chi connectivity index (χ0v) is 16.3. The van der Waals surface area contributed by atoms with Crippen molar-refractivity contribution < 1.29 is 14.3 Å². The van der Waals surface area contributed by atoms with Crippen molar-refractivity contribution in [2.75, 3.05) is 25.5 Å². The molecule has 142 valence electrons. The number of hydrogen-bond donors (Lipinski definition) is 1. The van der Waals surface area contributed by atoms with Crippen LogP contribution >= 0.6 is 11.6 Å². The second kappa shape index (κ2) is 8.44. The summed E-state index contributed by atoms with van der Waals surface area (Å²) >= 11 is 6.10. The Morgan fingerprint density at radius 3 is 2.52 bits per heavy atom. The van der Waals surface area contributed by atoms with Crippen molar-refractivity contribution in [3.05, 3.63) is 58.6 Å². The van der Waals surface area contributed by atoms with Gasteiger partial charge in [0.1, 0.15) is 5.75 Å². The van der Waals surface area contributed by atoms with Crippen molar-refractivity contribution in [2.45, 2.75) is 19.8 Å². The van der Waals surface area contributed by atoms with E-state index in [0.717, 1.165) is 5.56 Å². The third kappa shape index (κ3) is 4.61. The first-order valence-corrected chi connectivity index (χ1v) is 9.36. The number of nitrogens with one attached hydrogen (secondary N) is 1. The average molecular weight is 387 g/mol. The highest BCUT2D eigenvalue weighted by atomic mass is 35.5. The highest BCUT2D eigenvalue weighted by molar-refractivity contribution is 6.32. The number of halogens is 1. The summed E-state index contributed by atoms with van der Waals surface area (Å²) in [7, 11) is 1.55. The van der Waals surface area contributed by atoms with E-state index >= 15 is 0 Å². The van der Waals surface area contributed by atoms with Crippen LogP contribution in [0.5, 0.6) is 5.75 Å². The van der Waals surface area contributed by atoms with Crippen LogP contribution in [0.1, 0.15) is 28.8 Å². The maximum Gasteiger partial charge on any atom is 0.253 e. The Kier molecular flexibility index (Phi) is 6.01. The number of anilines is 1. The summed E-state index contributed by atoms with van der Waals surface area (Å²) in [6, 6.07) is 12.8. The Balaban J connectivity index is 1.56. The van der Waals surface area contributed by atoms with Crippen LogP contribution in [0.2, 0.25) is 5.02 Å². The largest absolute Gasteiger partial charge is 0.495 e. The fourth-order valence-corrected chi connectivity index (χ4v) is 3.55. The summed E-state index contributed by atoms with van der Waals surface area (Å²) in [5, 5.41) is 3.36. The molecular weight excluding hydrogens is 364 g/mol. The minimum absolute atomic E-state index is 0.0273. The quantitative estimate of drug-likeness (QED) is 0.858. The molecule has 0 unspecified atom stereocenters. The Morgan fingerprint density at radius 1 is 1.15 bits per heavy atom. The molecule has 0 aromatic heterocycles. The van der Waals surface area contributed by atoms with Crippen molar-refractivity contribution in [1.82, 2.24) is 4.90 Å². The van der Waals surface area contributed by atoms with Gasteiger partial charge in [-0.15, -0.1) is 0 Å². The second-order valence-corrected chi connectivity index (χ2v) is 7.18. The van der Waals surface area contributed by atoms with Gasteiger partial charge in [0.2, 0.25) is 5.91 Å². The third-order valence-corrected chi connectivity index (χ3v) is 5.13. The van der Waals surface area contributed by atoms with Gasteiger partial charge in [-0.1, -0.05) is 29.3 Å². The number of hydrogen-bond acceptors (Lipinski definition) is 3. The van der Waals surface area contributed by atoms with Gasteiger partial charge in [-0.05, 0) is 50.1 Å². The van der Waals surface area contributed by atoms with E-state index in [9.17, 15) is 9.59 Å². The molecule has 2 aromatic carbocycles. The molecule has 1 N–H and O–H groups in total. The molecule has 0 bridgehead atoms. The lowest BCUT2D eigenvalue weighted by Gasteiger charge is -2.31. The maximum absolute atomic E-state index is 12.6. The molecule has 1 saturated heterocycles. The van der Waals surface area contributed by atoms with E-state index in [1.54, 1.807) is 25.3 Å². The lowest BCUT2D eigenvalue weighted by atomic mass is 9.95. The predicted octanol–water partition coefficient (Wildman–Crippen LogP) is 4.15. The van der Waals surface area contributed by atoms with E-state index in [-0.39, 0.29) is 17.7 Å². The van der Waals surface area contributed by atoms with Gasteiger partial charge in [0.25, 0.3) is 5.91 Å². The van der Waals surface area contributed by atoms with Crippen molar-refractivity contribution >= 4 is 29.1 Å². The highest BCUT2D eigenvalue weighted by Crippen LogP contribution is 2.28. The molecule has 0 saturated carbocycles. The normalized spacial score (nSPS) is 14.7. The topological polar surface area (TPSA) is 58.6 Å². The van der Waals surface area contributed by atoms with E-state index in [2.05, 4.69) is 5.32 Å². The van der Waals surface area contributed by atoms with Crippen molar-refractivity contribution in [1.29, 1.82) is 0 Å². The van der Waals surface area contributed by atoms with Gasteiger partial charge in [-0.3, -0.25) is 9.59 Å². The van der Waals surface area contributed by atoms with Gasteiger partial charge in [-0.25, -0.2) is 0 Å². The zero-order chi connectivity index (χ0) is 19.4. The van der Waals surface area contributed by atoms with E-state index in [4.69, 9.17) is 16.3 Å². The first-order chi connectivity index (χ1) is 13.0. The number of aryl methyl sites for hydroxylation is 1. The molecule has 0 radical (unpaired) electrons. The van der Waals surface area contributed by atoms with Crippen LogP contribution in [-0.4, -0.2) is 36.9 Å². The number of piperidine rings is 1. The number of benzene rings is 2. The third-order valence-electron chi connectivity index (χ3n) is 4.84. The molecule has 6 heteroatoms. The minimum Gasteiger partial charge on any atom is -0.495 e. The van der Waals surface area contributed by atoms with Crippen LogP contribution in [-0.2, 0) is 4.79 Å². The van der Waals surface area contributed by atoms with E-state index in [1.807, 2.05) is 36.1 Å². The molecule has 0 aliphatic carbocycles. The van der Waals surface area contributed by atoms with E-state index in [0.29, 0.717) is 48.0 Å². The van der Waals surface area contributed by atoms with Crippen LogP contribution in [0, 0.1) is 12.8 Å². The monoisotopic (exact) mass is 386 g/mol. The molecule has 2 aromatic rings. The van der Waals surface area contributed by atoms with Crippen LogP contribution in [0.4, 0.5) is 5.69 Å². The lowest BCUT2D eigenvalue weighted by molar-refractivity contribution is -0.121. The molecule has 3 rings (SSSR count).